The number of rotatable bonds is 4. The number of amides is 1. The van der Waals surface area contributed by atoms with Gasteiger partial charge in [-0.15, -0.1) is 11.3 Å². The monoisotopic (exact) mass is 397 g/mol. The maximum Gasteiger partial charge on any atom is 0.252 e. The van der Waals surface area contributed by atoms with Crippen molar-refractivity contribution in [2.45, 2.75) is 36.9 Å². The molecule has 1 amide bonds. The Balaban J connectivity index is 1.65. The van der Waals surface area contributed by atoms with Crippen LogP contribution in [-0.2, 0) is 14.8 Å². The first-order valence-electron chi connectivity index (χ1n) is 9.42. The highest BCUT2D eigenvalue weighted by molar-refractivity contribution is 7.91. The predicted molar refractivity (Wildman–Crippen MR) is 102 cm³/mol. The zero-order chi connectivity index (χ0) is 18.5. The summed E-state index contributed by atoms with van der Waals surface area (Å²) in [5, 5.41) is 1.79. The summed E-state index contributed by atoms with van der Waals surface area (Å²) in [5.41, 5.74) is -0.584. The standard InChI is InChI=1S/C18H27N3O3S2/c1-14(2)20-10-15-11-21(26(23,24)16-6-5-9-25-16)13-18(15,12-20)17(22)19-7-3-4-8-19/h5-6,9,14-15H,3-4,7-8,10-13H2,1-2H3/t15-,18-/m0/s1. The highest BCUT2D eigenvalue weighted by Gasteiger charge is 2.60. The Kier molecular flexibility index (Phi) is 4.66. The average Bonchev–Trinajstić information content (AvgIpc) is 3.36. The third kappa shape index (κ3) is 2.82. The second-order valence-corrected chi connectivity index (χ2v) is 11.2. The van der Waals surface area contributed by atoms with Crippen molar-refractivity contribution in [2.75, 3.05) is 39.3 Å². The highest BCUT2D eigenvalue weighted by atomic mass is 32.2. The SMILES string of the molecule is CC(C)N1C[C@H]2CN(S(=O)(=O)c3cccs3)C[C@@]2(C(=O)N2CCCC2)C1. The lowest BCUT2D eigenvalue weighted by atomic mass is 9.79. The maximum atomic E-state index is 13.5. The van der Waals surface area contributed by atoms with Crippen molar-refractivity contribution < 1.29 is 13.2 Å². The lowest BCUT2D eigenvalue weighted by molar-refractivity contribution is -0.141. The van der Waals surface area contributed by atoms with Gasteiger partial charge < -0.3 is 4.90 Å². The van der Waals surface area contributed by atoms with Crippen LogP contribution in [-0.4, -0.2) is 73.7 Å². The van der Waals surface area contributed by atoms with Gasteiger partial charge in [-0.05, 0) is 38.1 Å². The number of hydrogen-bond donors (Lipinski definition) is 0. The smallest absolute Gasteiger partial charge is 0.252 e. The quantitative estimate of drug-likeness (QED) is 0.776. The summed E-state index contributed by atoms with van der Waals surface area (Å²) in [7, 11) is -3.51. The van der Waals surface area contributed by atoms with E-state index in [2.05, 4.69) is 18.7 Å². The second kappa shape index (κ2) is 6.58. The molecule has 3 saturated heterocycles. The molecule has 3 aliphatic rings. The molecule has 144 valence electrons. The first-order chi connectivity index (χ1) is 12.3. The lowest BCUT2D eigenvalue weighted by Gasteiger charge is -2.33. The molecule has 1 aromatic heterocycles. The van der Waals surface area contributed by atoms with E-state index in [1.807, 2.05) is 4.90 Å². The van der Waals surface area contributed by atoms with E-state index in [0.717, 1.165) is 32.5 Å². The number of fused-ring (bicyclic) bond motifs is 1. The van der Waals surface area contributed by atoms with Crippen molar-refractivity contribution in [2.24, 2.45) is 11.3 Å². The molecule has 0 aromatic carbocycles. The average molecular weight is 398 g/mol. The third-order valence-electron chi connectivity index (χ3n) is 6.24. The normalized spacial score (nSPS) is 30.4. The molecule has 0 radical (unpaired) electrons. The number of carbonyl (C=O) groups excluding carboxylic acids is 1. The van der Waals surface area contributed by atoms with E-state index in [9.17, 15) is 13.2 Å². The predicted octanol–water partition coefficient (Wildman–Crippen LogP) is 1.70. The Bertz CT molecular complexity index is 772. The summed E-state index contributed by atoms with van der Waals surface area (Å²) in [6.07, 6.45) is 2.11. The third-order valence-corrected chi connectivity index (χ3v) is 9.43. The number of hydrogen-bond acceptors (Lipinski definition) is 5. The van der Waals surface area contributed by atoms with Crippen molar-refractivity contribution in [1.29, 1.82) is 0 Å². The van der Waals surface area contributed by atoms with Gasteiger partial charge in [-0.25, -0.2) is 8.42 Å². The first-order valence-corrected chi connectivity index (χ1v) is 11.7. The van der Waals surface area contributed by atoms with Gasteiger partial charge in [-0.3, -0.25) is 9.69 Å². The van der Waals surface area contributed by atoms with Crippen LogP contribution in [0.3, 0.4) is 0 Å². The Morgan fingerprint density at radius 1 is 1.23 bits per heavy atom. The molecule has 4 rings (SSSR count). The molecule has 8 heteroatoms. The Labute approximate surface area is 159 Å². The highest BCUT2D eigenvalue weighted by Crippen LogP contribution is 2.46. The zero-order valence-electron chi connectivity index (χ0n) is 15.4. The molecule has 26 heavy (non-hydrogen) atoms. The van der Waals surface area contributed by atoms with Crippen molar-refractivity contribution in [3.05, 3.63) is 17.5 Å². The molecule has 0 unspecified atom stereocenters. The summed E-state index contributed by atoms with van der Waals surface area (Å²) >= 11 is 1.25. The van der Waals surface area contributed by atoms with E-state index in [1.54, 1.807) is 21.8 Å². The number of likely N-dealkylation sites (tertiary alicyclic amines) is 2. The minimum Gasteiger partial charge on any atom is -0.342 e. The summed E-state index contributed by atoms with van der Waals surface area (Å²) < 4.78 is 28.0. The van der Waals surface area contributed by atoms with E-state index < -0.39 is 15.4 Å². The molecule has 3 aliphatic heterocycles. The first kappa shape index (κ1) is 18.4. The van der Waals surface area contributed by atoms with Crippen LogP contribution in [0.2, 0.25) is 0 Å². The number of nitrogens with zero attached hydrogens (tertiary/aromatic N) is 3. The van der Waals surface area contributed by atoms with Gasteiger partial charge in [0.2, 0.25) is 5.91 Å². The van der Waals surface area contributed by atoms with Crippen molar-refractivity contribution >= 4 is 27.3 Å². The molecular weight excluding hydrogens is 370 g/mol. The van der Waals surface area contributed by atoms with Crippen LogP contribution in [0.15, 0.2) is 21.7 Å². The maximum absolute atomic E-state index is 13.5. The van der Waals surface area contributed by atoms with E-state index in [-0.39, 0.29) is 11.8 Å². The largest absolute Gasteiger partial charge is 0.342 e. The molecule has 0 aliphatic carbocycles. The summed E-state index contributed by atoms with van der Waals surface area (Å²) in [6.45, 7) is 8.15. The Morgan fingerprint density at radius 3 is 2.58 bits per heavy atom. The van der Waals surface area contributed by atoms with Crippen LogP contribution in [0.25, 0.3) is 0 Å². The van der Waals surface area contributed by atoms with Gasteiger partial charge in [0, 0.05) is 51.2 Å². The molecule has 1 aromatic rings. The van der Waals surface area contributed by atoms with Crippen LogP contribution in [0, 0.1) is 11.3 Å². The number of carbonyl (C=O) groups is 1. The molecule has 0 saturated carbocycles. The lowest BCUT2D eigenvalue weighted by Crippen LogP contribution is -2.49. The molecule has 6 nitrogen and oxygen atoms in total. The van der Waals surface area contributed by atoms with Crippen LogP contribution in [0.4, 0.5) is 0 Å². The van der Waals surface area contributed by atoms with Gasteiger partial charge in [0.05, 0.1) is 5.41 Å². The van der Waals surface area contributed by atoms with Crippen molar-refractivity contribution in [3.63, 3.8) is 0 Å². The molecule has 3 fully saturated rings. The molecule has 2 atom stereocenters. The molecule has 4 heterocycles. The summed E-state index contributed by atoms with van der Waals surface area (Å²) in [5.74, 6) is 0.250. The fraction of sp³-hybridized carbons (Fsp3) is 0.722. The molecular formula is C18H27N3O3S2. The number of sulfonamides is 1. The van der Waals surface area contributed by atoms with Crippen molar-refractivity contribution in [1.82, 2.24) is 14.1 Å². The number of thiophene rings is 1. The van der Waals surface area contributed by atoms with E-state index in [4.69, 9.17) is 0 Å². The Hall–Kier alpha value is -0.960. The Morgan fingerprint density at radius 2 is 1.96 bits per heavy atom. The minimum absolute atomic E-state index is 0.0766. The van der Waals surface area contributed by atoms with Gasteiger partial charge in [-0.2, -0.15) is 4.31 Å². The molecule has 0 spiro atoms. The van der Waals surface area contributed by atoms with E-state index in [1.165, 1.54) is 11.3 Å². The van der Waals surface area contributed by atoms with Crippen molar-refractivity contribution in [3.8, 4) is 0 Å². The molecule has 0 bridgehead atoms. The fourth-order valence-electron chi connectivity index (χ4n) is 4.71. The van der Waals surface area contributed by atoms with Gasteiger partial charge >= 0.3 is 0 Å². The minimum atomic E-state index is -3.51. The summed E-state index contributed by atoms with van der Waals surface area (Å²) in [4.78, 5) is 17.8. The van der Waals surface area contributed by atoms with Crippen LogP contribution < -0.4 is 0 Å². The second-order valence-electron chi connectivity index (χ2n) is 8.11. The summed E-state index contributed by atoms with van der Waals surface area (Å²) in [6, 6.07) is 3.79. The van der Waals surface area contributed by atoms with Crippen LogP contribution >= 0.6 is 11.3 Å². The van der Waals surface area contributed by atoms with Gasteiger partial charge in [0.15, 0.2) is 0 Å². The topological polar surface area (TPSA) is 60.9 Å². The van der Waals surface area contributed by atoms with Gasteiger partial charge in [-0.1, -0.05) is 6.07 Å². The zero-order valence-corrected chi connectivity index (χ0v) is 17.1. The van der Waals surface area contributed by atoms with Gasteiger partial charge in [0.1, 0.15) is 4.21 Å². The molecule has 0 N–H and O–H groups in total. The van der Waals surface area contributed by atoms with E-state index in [0.29, 0.717) is 29.9 Å². The fourth-order valence-corrected chi connectivity index (χ4v) is 7.41. The van der Waals surface area contributed by atoms with Crippen LogP contribution in [0.5, 0.6) is 0 Å². The van der Waals surface area contributed by atoms with E-state index >= 15 is 0 Å². The van der Waals surface area contributed by atoms with Gasteiger partial charge in [0.25, 0.3) is 10.0 Å². The van der Waals surface area contributed by atoms with Crippen LogP contribution in [0.1, 0.15) is 26.7 Å².